The normalized spacial score (nSPS) is 12.6. The van der Waals surface area contributed by atoms with Crippen molar-refractivity contribution in [2.45, 2.75) is 258 Å². The molecule has 0 saturated heterocycles. The first kappa shape index (κ1) is 59.9. The smallest absolute Gasteiger partial charge is 0.306 e. The van der Waals surface area contributed by atoms with Gasteiger partial charge in [0.15, 0.2) is 6.10 Å². The number of hydrogen-bond donors (Lipinski definition) is 0. The molecule has 362 valence electrons. The van der Waals surface area contributed by atoms with Crippen LogP contribution in [0.2, 0.25) is 0 Å². The van der Waals surface area contributed by atoms with Crippen LogP contribution in [0.3, 0.4) is 0 Å². The highest BCUT2D eigenvalue weighted by molar-refractivity contribution is 5.71. The zero-order valence-corrected chi connectivity index (χ0v) is 41.3. The number of esters is 3. The molecule has 0 heterocycles. The Hall–Kier alpha value is -3.15. The summed E-state index contributed by atoms with van der Waals surface area (Å²) in [5, 5.41) is 0. The van der Waals surface area contributed by atoms with Crippen molar-refractivity contribution in [1.82, 2.24) is 0 Å². The zero-order valence-electron chi connectivity index (χ0n) is 41.3. The van der Waals surface area contributed by atoms with Crippen LogP contribution in [0.4, 0.5) is 0 Å². The molecule has 0 saturated carbocycles. The fourth-order valence-corrected chi connectivity index (χ4v) is 7.13. The predicted molar refractivity (Wildman–Crippen MR) is 270 cm³/mol. The molecule has 0 spiro atoms. The van der Waals surface area contributed by atoms with Gasteiger partial charge in [0.1, 0.15) is 13.2 Å². The summed E-state index contributed by atoms with van der Waals surface area (Å²) in [7, 11) is 0. The summed E-state index contributed by atoms with van der Waals surface area (Å²) in [6, 6.07) is 0. The van der Waals surface area contributed by atoms with Crippen LogP contribution < -0.4 is 0 Å². The zero-order chi connectivity index (χ0) is 45.8. The van der Waals surface area contributed by atoms with E-state index >= 15 is 0 Å². The molecule has 1 atom stereocenters. The molecular weight excluding hydrogens is 781 g/mol. The molecule has 6 heteroatoms. The molecule has 0 aliphatic rings. The van der Waals surface area contributed by atoms with E-state index in [0.29, 0.717) is 19.3 Å². The minimum Gasteiger partial charge on any atom is -0.462 e. The second-order valence-electron chi connectivity index (χ2n) is 17.4. The topological polar surface area (TPSA) is 78.9 Å². The van der Waals surface area contributed by atoms with Crippen molar-refractivity contribution in [3.8, 4) is 0 Å². The molecule has 1 unspecified atom stereocenters. The second kappa shape index (κ2) is 51.5. The van der Waals surface area contributed by atoms with Gasteiger partial charge in [0.2, 0.25) is 0 Å². The van der Waals surface area contributed by atoms with Gasteiger partial charge >= 0.3 is 17.9 Å². The van der Waals surface area contributed by atoms with Crippen molar-refractivity contribution in [1.29, 1.82) is 0 Å². The first-order valence-electron chi connectivity index (χ1n) is 26.4. The van der Waals surface area contributed by atoms with Crippen molar-refractivity contribution in [3.05, 3.63) is 72.9 Å². The second-order valence-corrected chi connectivity index (χ2v) is 17.4. The molecule has 0 aromatic rings. The lowest BCUT2D eigenvalue weighted by Gasteiger charge is -2.18. The van der Waals surface area contributed by atoms with E-state index in [9.17, 15) is 14.4 Å². The van der Waals surface area contributed by atoms with Crippen LogP contribution >= 0.6 is 0 Å². The molecule has 6 nitrogen and oxygen atoms in total. The summed E-state index contributed by atoms with van der Waals surface area (Å²) in [6.45, 7) is 6.53. The maximum Gasteiger partial charge on any atom is 0.306 e. The van der Waals surface area contributed by atoms with Gasteiger partial charge in [-0.15, -0.1) is 0 Å². The summed E-state index contributed by atoms with van der Waals surface area (Å²) in [6.07, 6.45) is 64.6. The highest BCUT2D eigenvalue weighted by Crippen LogP contribution is 2.13. The van der Waals surface area contributed by atoms with Crippen molar-refractivity contribution in [3.63, 3.8) is 0 Å². The number of rotatable bonds is 47. The molecule has 63 heavy (non-hydrogen) atoms. The maximum absolute atomic E-state index is 12.8. The third kappa shape index (κ3) is 49.7. The lowest BCUT2D eigenvalue weighted by Crippen LogP contribution is -2.30. The van der Waals surface area contributed by atoms with E-state index in [1.165, 1.54) is 122 Å². The molecule has 0 fully saturated rings. The van der Waals surface area contributed by atoms with Gasteiger partial charge in [-0.1, -0.05) is 196 Å². The highest BCUT2D eigenvalue weighted by Gasteiger charge is 2.19. The van der Waals surface area contributed by atoms with E-state index in [4.69, 9.17) is 14.2 Å². The van der Waals surface area contributed by atoms with Crippen LogP contribution in [0, 0.1) is 0 Å². The van der Waals surface area contributed by atoms with Crippen LogP contribution in [0.5, 0.6) is 0 Å². The summed E-state index contributed by atoms with van der Waals surface area (Å²) in [5.74, 6) is -0.973. The summed E-state index contributed by atoms with van der Waals surface area (Å²) < 4.78 is 16.7. The Morgan fingerprint density at radius 3 is 1.02 bits per heavy atom. The number of carbonyl (C=O) groups is 3. The van der Waals surface area contributed by atoms with Gasteiger partial charge in [-0.2, -0.15) is 0 Å². The Kier molecular flexibility index (Phi) is 48.9. The van der Waals surface area contributed by atoms with E-state index in [-0.39, 0.29) is 37.5 Å². The van der Waals surface area contributed by atoms with Gasteiger partial charge in [-0.05, 0) is 109 Å². The molecule has 0 bridgehead atoms. The first-order valence-corrected chi connectivity index (χ1v) is 26.4. The molecule has 0 amide bonds. The van der Waals surface area contributed by atoms with Gasteiger partial charge in [-0.25, -0.2) is 0 Å². The van der Waals surface area contributed by atoms with E-state index in [1.54, 1.807) is 0 Å². The molecule has 0 radical (unpaired) electrons. The molecule has 0 aliphatic carbocycles. The largest absolute Gasteiger partial charge is 0.462 e. The lowest BCUT2D eigenvalue weighted by atomic mass is 10.1. The van der Waals surface area contributed by atoms with Crippen LogP contribution in [0.1, 0.15) is 252 Å². The predicted octanol–water partition coefficient (Wildman–Crippen LogP) is 17.4. The van der Waals surface area contributed by atoms with Crippen molar-refractivity contribution in [2.75, 3.05) is 13.2 Å². The number of hydrogen-bond acceptors (Lipinski definition) is 6. The third-order valence-corrected chi connectivity index (χ3v) is 11.2. The van der Waals surface area contributed by atoms with E-state index < -0.39 is 6.10 Å². The Bertz CT molecular complexity index is 1190. The van der Waals surface area contributed by atoms with Gasteiger partial charge < -0.3 is 14.2 Å². The monoisotopic (exact) mass is 879 g/mol. The minimum atomic E-state index is -0.804. The number of allylic oxidation sites excluding steroid dienone is 12. The summed E-state index contributed by atoms with van der Waals surface area (Å²) in [4.78, 5) is 38.0. The van der Waals surface area contributed by atoms with E-state index in [2.05, 4.69) is 93.7 Å². The molecular formula is C57H98O6. The molecule has 0 aliphatic heterocycles. The lowest BCUT2D eigenvalue weighted by molar-refractivity contribution is -0.167. The minimum absolute atomic E-state index is 0.1000. The number of carbonyl (C=O) groups excluding carboxylic acids is 3. The average molecular weight is 879 g/mol. The summed E-state index contributed by atoms with van der Waals surface area (Å²) >= 11 is 0. The van der Waals surface area contributed by atoms with Crippen LogP contribution in [-0.4, -0.2) is 37.2 Å². The van der Waals surface area contributed by atoms with Gasteiger partial charge in [0.25, 0.3) is 0 Å². The Morgan fingerprint density at radius 1 is 0.317 bits per heavy atom. The number of ether oxygens (including phenoxy) is 3. The fourth-order valence-electron chi connectivity index (χ4n) is 7.13. The Balaban J connectivity index is 4.49. The van der Waals surface area contributed by atoms with Crippen LogP contribution in [-0.2, 0) is 28.6 Å². The van der Waals surface area contributed by atoms with E-state index in [0.717, 1.165) is 83.5 Å². The SMILES string of the molecule is CCCCCC=CCC=CCC=CCC=CCCCC(=O)OCC(COC(=O)CCCCCCCC=CCCCCCC)OC(=O)CCCCCCCC=CCCCCCCCC. The average Bonchev–Trinajstić information content (AvgIpc) is 3.28. The third-order valence-electron chi connectivity index (χ3n) is 11.2. The van der Waals surface area contributed by atoms with Crippen molar-refractivity contribution >= 4 is 17.9 Å². The first-order chi connectivity index (χ1) is 31.0. The fraction of sp³-hybridized carbons (Fsp3) is 0.737. The maximum atomic E-state index is 12.8. The van der Waals surface area contributed by atoms with E-state index in [1.807, 2.05) is 0 Å². The Morgan fingerprint density at radius 2 is 0.587 bits per heavy atom. The van der Waals surface area contributed by atoms with Gasteiger partial charge in [-0.3, -0.25) is 14.4 Å². The van der Waals surface area contributed by atoms with Gasteiger partial charge in [0, 0.05) is 19.3 Å². The highest BCUT2D eigenvalue weighted by atomic mass is 16.6. The van der Waals surface area contributed by atoms with Crippen LogP contribution in [0.25, 0.3) is 0 Å². The summed E-state index contributed by atoms with van der Waals surface area (Å²) in [5.41, 5.74) is 0. The van der Waals surface area contributed by atoms with Crippen molar-refractivity contribution in [2.24, 2.45) is 0 Å². The molecule has 0 aromatic heterocycles. The molecule has 0 rings (SSSR count). The molecule has 0 aromatic carbocycles. The van der Waals surface area contributed by atoms with Crippen LogP contribution in [0.15, 0.2) is 72.9 Å². The molecule has 0 N–H and O–H groups in total. The standard InChI is InChI=1S/C57H98O6/c1-4-7-10-13-16-19-22-25-27-28-30-32-35-38-41-44-47-50-56(59)62-53-54(52-61-55(58)49-46-43-40-37-34-31-24-21-18-15-12-9-6-3)63-57(60)51-48-45-42-39-36-33-29-26-23-20-17-14-11-8-5-2/h16,19,21,24-27,29-30,32,38,41,54H,4-15,17-18,20,22-23,28,31,33-37,39-40,42-53H2,1-3H3. The quantitative estimate of drug-likeness (QED) is 0.0262. The van der Waals surface area contributed by atoms with Crippen molar-refractivity contribution < 1.29 is 28.6 Å². The number of unbranched alkanes of at least 4 members (excludes halogenated alkanes) is 24. The van der Waals surface area contributed by atoms with Gasteiger partial charge in [0.05, 0.1) is 0 Å². The Labute approximate surface area is 389 Å².